The lowest BCUT2D eigenvalue weighted by atomic mass is 9.92. The lowest BCUT2D eigenvalue weighted by molar-refractivity contribution is -0.384. The maximum absolute atomic E-state index is 11.7. The van der Waals surface area contributed by atoms with Gasteiger partial charge < -0.3 is 10.1 Å². The fraction of sp³-hybridized carbons (Fsp3) is 0.0800. The van der Waals surface area contributed by atoms with Gasteiger partial charge in [-0.2, -0.15) is 0 Å². The zero-order valence-electron chi connectivity index (χ0n) is 17.3. The van der Waals surface area contributed by atoms with Crippen molar-refractivity contribution in [2.45, 2.75) is 0 Å². The second-order valence-electron chi connectivity index (χ2n) is 6.66. The molecule has 0 saturated heterocycles. The van der Waals surface area contributed by atoms with Gasteiger partial charge in [-0.1, -0.05) is 55.1 Å². The number of ether oxygens (including phenoxy) is 1. The highest BCUT2D eigenvalue weighted by Gasteiger charge is 2.17. The Balaban J connectivity index is 2.24. The van der Waals surface area contributed by atoms with Gasteiger partial charge in [0.05, 0.1) is 17.6 Å². The minimum atomic E-state index is -0.511. The van der Waals surface area contributed by atoms with Gasteiger partial charge in [-0.15, -0.1) is 0 Å². The molecule has 31 heavy (non-hydrogen) atoms. The van der Waals surface area contributed by atoms with E-state index in [1.807, 2.05) is 43.4 Å². The third-order valence-electron chi connectivity index (χ3n) is 4.92. The van der Waals surface area contributed by atoms with Gasteiger partial charge >= 0.3 is 5.97 Å². The van der Waals surface area contributed by atoms with Crippen LogP contribution < -0.4 is 5.32 Å². The number of nitro groups is 1. The average molecular weight is 414 g/mol. The molecule has 6 nitrogen and oxygen atoms in total. The first kappa shape index (κ1) is 21.5. The highest BCUT2D eigenvalue weighted by molar-refractivity contribution is 5.92. The van der Waals surface area contributed by atoms with E-state index >= 15 is 0 Å². The molecule has 0 atom stereocenters. The molecule has 0 saturated carbocycles. The SMILES string of the molecule is C=Cc1cccc(-c2ccc(-c3ccccc3[N+](=O)[O-])c(/C=C/C(=O)OC)c2)c1NC. The maximum atomic E-state index is 11.7. The highest BCUT2D eigenvalue weighted by Crippen LogP contribution is 2.37. The summed E-state index contributed by atoms with van der Waals surface area (Å²) >= 11 is 0. The number of hydrogen-bond donors (Lipinski definition) is 1. The van der Waals surface area contributed by atoms with Crippen LogP contribution in [0.15, 0.2) is 73.3 Å². The van der Waals surface area contributed by atoms with E-state index in [0.29, 0.717) is 16.7 Å². The molecule has 0 heterocycles. The zero-order valence-corrected chi connectivity index (χ0v) is 17.3. The maximum Gasteiger partial charge on any atom is 0.330 e. The number of methoxy groups -OCH3 is 1. The van der Waals surface area contributed by atoms with Crippen LogP contribution in [-0.4, -0.2) is 25.1 Å². The molecule has 0 aliphatic heterocycles. The summed E-state index contributed by atoms with van der Waals surface area (Å²) in [4.78, 5) is 22.9. The van der Waals surface area contributed by atoms with Gasteiger partial charge in [0.25, 0.3) is 5.69 Å². The molecule has 0 aromatic heterocycles. The summed E-state index contributed by atoms with van der Waals surface area (Å²) in [5, 5.41) is 14.8. The van der Waals surface area contributed by atoms with Gasteiger partial charge in [-0.05, 0) is 40.5 Å². The number of rotatable bonds is 7. The van der Waals surface area contributed by atoms with E-state index in [0.717, 1.165) is 22.4 Å². The Morgan fingerprint density at radius 1 is 1.03 bits per heavy atom. The average Bonchev–Trinajstić information content (AvgIpc) is 2.81. The summed E-state index contributed by atoms with van der Waals surface area (Å²) in [6.45, 7) is 3.86. The summed E-state index contributed by atoms with van der Waals surface area (Å²) in [6.07, 6.45) is 4.68. The second-order valence-corrected chi connectivity index (χ2v) is 6.66. The lowest BCUT2D eigenvalue weighted by Gasteiger charge is -2.15. The molecule has 156 valence electrons. The van der Waals surface area contributed by atoms with Crippen LogP contribution in [0.5, 0.6) is 0 Å². The molecule has 1 N–H and O–H groups in total. The zero-order chi connectivity index (χ0) is 22.4. The van der Waals surface area contributed by atoms with Crippen molar-refractivity contribution in [2.75, 3.05) is 19.5 Å². The van der Waals surface area contributed by atoms with Crippen LogP contribution in [0.3, 0.4) is 0 Å². The fourth-order valence-electron chi connectivity index (χ4n) is 3.46. The molecule has 0 aliphatic carbocycles. The van der Waals surface area contributed by atoms with Gasteiger partial charge in [-0.25, -0.2) is 4.79 Å². The van der Waals surface area contributed by atoms with Crippen LogP contribution in [0.2, 0.25) is 0 Å². The molecule has 0 bridgehead atoms. The van der Waals surface area contributed by atoms with Crippen molar-refractivity contribution in [1.29, 1.82) is 0 Å². The number of carbonyl (C=O) groups is 1. The van der Waals surface area contributed by atoms with E-state index in [9.17, 15) is 14.9 Å². The predicted molar refractivity (Wildman–Crippen MR) is 125 cm³/mol. The van der Waals surface area contributed by atoms with E-state index < -0.39 is 10.9 Å². The number of nitro benzene ring substituents is 1. The Morgan fingerprint density at radius 2 is 1.77 bits per heavy atom. The number of benzene rings is 3. The first-order valence-electron chi connectivity index (χ1n) is 9.57. The van der Waals surface area contributed by atoms with Crippen molar-refractivity contribution in [1.82, 2.24) is 0 Å². The molecule has 3 aromatic rings. The number of hydrogen-bond acceptors (Lipinski definition) is 5. The Hall–Kier alpha value is -4.19. The molecule has 6 heteroatoms. The van der Waals surface area contributed by atoms with E-state index in [1.165, 1.54) is 19.3 Å². The fourth-order valence-corrected chi connectivity index (χ4v) is 3.46. The Kier molecular flexibility index (Phi) is 6.62. The van der Waals surface area contributed by atoms with Gasteiger partial charge in [-0.3, -0.25) is 10.1 Å². The van der Waals surface area contributed by atoms with Gasteiger partial charge in [0.2, 0.25) is 0 Å². The smallest absolute Gasteiger partial charge is 0.330 e. The second kappa shape index (κ2) is 9.54. The molecular formula is C25H22N2O4. The van der Waals surface area contributed by atoms with Crippen molar-refractivity contribution in [3.05, 3.63) is 94.6 Å². The topological polar surface area (TPSA) is 81.5 Å². The molecule has 3 rings (SSSR count). The van der Waals surface area contributed by atoms with Crippen LogP contribution in [0.25, 0.3) is 34.4 Å². The summed E-state index contributed by atoms with van der Waals surface area (Å²) in [7, 11) is 3.14. The largest absolute Gasteiger partial charge is 0.466 e. The first-order chi connectivity index (χ1) is 15.0. The Bertz CT molecular complexity index is 1180. The van der Waals surface area contributed by atoms with Crippen LogP contribution in [0.4, 0.5) is 11.4 Å². The van der Waals surface area contributed by atoms with Crippen molar-refractivity contribution in [3.8, 4) is 22.3 Å². The van der Waals surface area contributed by atoms with Crippen molar-refractivity contribution in [3.63, 3.8) is 0 Å². The molecule has 0 amide bonds. The quantitative estimate of drug-likeness (QED) is 0.229. The van der Waals surface area contributed by atoms with Crippen molar-refractivity contribution < 1.29 is 14.5 Å². The van der Waals surface area contributed by atoms with Crippen LogP contribution in [0.1, 0.15) is 11.1 Å². The summed E-state index contributed by atoms with van der Waals surface area (Å²) in [5.74, 6) is -0.511. The highest BCUT2D eigenvalue weighted by atomic mass is 16.6. The predicted octanol–water partition coefficient (Wildman–Crippen LogP) is 5.80. The van der Waals surface area contributed by atoms with E-state index in [2.05, 4.69) is 11.9 Å². The third kappa shape index (κ3) is 4.53. The molecule has 3 aromatic carbocycles. The van der Waals surface area contributed by atoms with E-state index in [1.54, 1.807) is 30.4 Å². The number of carbonyl (C=O) groups excluding carboxylic acids is 1. The van der Waals surface area contributed by atoms with Crippen LogP contribution in [-0.2, 0) is 9.53 Å². The minimum Gasteiger partial charge on any atom is -0.466 e. The number of anilines is 1. The third-order valence-corrected chi connectivity index (χ3v) is 4.92. The summed E-state index contributed by atoms with van der Waals surface area (Å²) < 4.78 is 4.71. The van der Waals surface area contributed by atoms with Gasteiger partial charge in [0.15, 0.2) is 0 Å². The lowest BCUT2D eigenvalue weighted by Crippen LogP contribution is -1.97. The van der Waals surface area contributed by atoms with Gasteiger partial charge in [0, 0.05) is 30.4 Å². The normalized spacial score (nSPS) is 10.6. The molecule has 0 radical (unpaired) electrons. The monoisotopic (exact) mass is 414 g/mol. The minimum absolute atomic E-state index is 0.00691. The number of para-hydroxylation sites is 2. The van der Waals surface area contributed by atoms with Crippen molar-refractivity contribution >= 4 is 29.5 Å². The number of esters is 1. The van der Waals surface area contributed by atoms with Crippen molar-refractivity contribution in [2.24, 2.45) is 0 Å². The van der Waals surface area contributed by atoms with Gasteiger partial charge in [0.1, 0.15) is 0 Å². The molecule has 0 fully saturated rings. The molecule has 0 spiro atoms. The number of nitrogens with one attached hydrogen (secondary N) is 1. The molecular weight excluding hydrogens is 392 g/mol. The molecule has 0 unspecified atom stereocenters. The van der Waals surface area contributed by atoms with Crippen LogP contribution in [0, 0.1) is 10.1 Å². The van der Waals surface area contributed by atoms with Crippen LogP contribution >= 0.6 is 0 Å². The Labute approximate surface area is 180 Å². The van der Waals surface area contributed by atoms with E-state index in [4.69, 9.17) is 4.74 Å². The van der Waals surface area contributed by atoms with E-state index in [-0.39, 0.29) is 5.69 Å². The first-order valence-corrected chi connectivity index (χ1v) is 9.57. The standard InChI is InChI=1S/C25H22N2O4/c1-4-17-8-7-10-21(25(17)26-2)19-12-14-20(18(16-19)13-15-24(28)31-3)22-9-5-6-11-23(22)27(29)30/h4-16,26H,1H2,2-3H3/b15-13+. The number of nitrogens with zero attached hydrogens (tertiary/aromatic N) is 1. The Morgan fingerprint density at radius 3 is 2.45 bits per heavy atom. The summed E-state index contributed by atoms with van der Waals surface area (Å²) in [5.41, 5.74) is 5.46. The summed E-state index contributed by atoms with van der Waals surface area (Å²) in [6, 6.07) is 18.0. The molecule has 0 aliphatic rings.